The van der Waals surface area contributed by atoms with Crippen molar-refractivity contribution in [3.63, 3.8) is 0 Å². The van der Waals surface area contributed by atoms with Gasteiger partial charge in [0.1, 0.15) is 6.04 Å². The number of fused-ring (bicyclic) bond motifs is 1. The number of methoxy groups -OCH3 is 1. The number of rotatable bonds is 5. The lowest BCUT2D eigenvalue weighted by molar-refractivity contribution is -0.136. The summed E-state index contributed by atoms with van der Waals surface area (Å²) in [4.78, 5) is 50.0. The van der Waals surface area contributed by atoms with Gasteiger partial charge in [0.2, 0.25) is 11.8 Å². The number of nitrogens with one attached hydrogen (secondary N) is 3. The van der Waals surface area contributed by atoms with Crippen molar-refractivity contribution in [3.05, 3.63) is 34.9 Å². The summed E-state index contributed by atoms with van der Waals surface area (Å²) in [5, 5.41) is 8.86. The van der Waals surface area contributed by atoms with Gasteiger partial charge in [-0.2, -0.15) is 0 Å². The van der Waals surface area contributed by atoms with Crippen molar-refractivity contribution in [2.45, 2.75) is 37.6 Å². The van der Waals surface area contributed by atoms with Gasteiger partial charge in [0.05, 0.1) is 17.2 Å². The molecule has 1 aromatic carbocycles. The van der Waals surface area contributed by atoms with Gasteiger partial charge >= 0.3 is 0 Å². The molecule has 9 heteroatoms. The van der Waals surface area contributed by atoms with Crippen molar-refractivity contribution >= 4 is 23.6 Å². The van der Waals surface area contributed by atoms with Gasteiger partial charge in [0.25, 0.3) is 11.8 Å². The highest BCUT2D eigenvalue weighted by molar-refractivity contribution is 6.23. The molecule has 3 aliphatic rings. The molecular weight excluding hydrogens is 364 g/mol. The average molecular weight is 386 g/mol. The highest BCUT2D eigenvalue weighted by atomic mass is 16.5. The standard InChI is InChI=1S/C19H22N4O5/c1-28-15-9-20-8-13(15)21-7-10-2-3-11-12(6-10)19(27)23(18(11)26)14-4-5-16(24)22-17(14)25/h2-3,6,13-15,20-21H,4-5,7-9H2,1H3,(H,22,24,25)/t13-,14?,15-/m1/s1. The molecule has 2 fully saturated rings. The third kappa shape index (κ3) is 3.21. The van der Waals surface area contributed by atoms with Crippen LogP contribution in [0.1, 0.15) is 39.1 Å². The normalized spacial score (nSPS) is 27.3. The predicted octanol–water partition coefficient (Wildman–Crippen LogP) is -0.836. The van der Waals surface area contributed by atoms with Gasteiger partial charge in [-0.15, -0.1) is 0 Å². The predicted molar refractivity (Wildman–Crippen MR) is 97.4 cm³/mol. The van der Waals surface area contributed by atoms with E-state index in [0.29, 0.717) is 12.1 Å². The highest BCUT2D eigenvalue weighted by Crippen LogP contribution is 2.28. The van der Waals surface area contributed by atoms with Crippen molar-refractivity contribution in [2.75, 3.05) is 20.2 Å². The molecule has 0 aromatic heterocycles. The minimum atomic E-state index is -0.946. The molecule has 3 aliphatic heterocycles. The molecule has 2 saturated heterocycles. The highest BCUT2D eigenvalue weighted by Gasteiger charge is 2.44. The Morgan fingerprint density at radius 2 is 1.93 bits per heavy atom. The van der Waals surface area contributed by atoms with Gasteiger partial charge in [0, 0.05) is 39.2 Å². The first-order valence-electron chi connectivity index (χ1n) is 9.31. The van der Waals surface area contributed by atoms with Crippen LogP contribution in [-0.4, -0.2) is 66.9 Å². The molecule has 28 heavy (non-hydrogen) atoms. The Morgan fingerprint density at radius 1 is 1.14 bits per heavy atom. The van der Waals surface area contributed by atoms with Gasteiger partial charge in [-0.25, -0.2) is 0 Å². The molecular formula is C19H22N4O5. The first-order valence-corrected chi connectivity index (χ1v) is 9.31. The molecule has 0 bridgehead atoms. The van der Waals surface area contributed by atoms with E-state index in [1.54, 1.807) is 25.3 Å². The van der Waals surface area contributed by atoms with Gasteiger partial charge in [-0.05, 0) is 24.1 Å². The first-order chi connectivity index (χ1) is 13.5. The monoisotopic (exact) mass is 386 g/mol. The van der Waals surface area contributed by atoms with Crippen LogP contribution in [0.25, 0.3) is 0 Å². The summed E-state index contributed by atoms with van der Waals surface area (Å²) in [7, 11) is 1.68. The minimum Gasteiger partial charge on any atom is -0.378 e. The smallest absolute Gasteiger partial charge is 0.262 e. The summed E-state index contributed by atoms with van der Waals surface area (Å²) in [5.41, 5.74) is 1.45. The Labute approximate surface area is 161 Å². The van der Waals surface area contributed by atoms with Crippen LogP contribution in [0.15, 0.2) is 18.2 Å². The van der Waals surface area contributed by atoms with E-state index in [9.17, 15) is 19.2 Å². The zero-order valence-electron chi connectivity index (χ0n) is 15.5. The number of carbonyl (C=O) groups is 4. The van der Waals surface area contributed by atoms with Crippen LogP contribution in [-0.2, 0) is 20.9 Å². The van der Waals surface area contributed by atoms with E-state index >= 15 is 0 Å². The largest absolute Gasteiger partial charge is 0.378 e. The molecule has 3 heterocycles. The van der Waals surface area contributed by atoms with E-state index in [4.69, 9.17) is 4.74 Å². The van der Waals surface area contributed by atoms with E-state index in [1.165, 1.54) is 0 Å². The van der Waals surface area contributed by atoms with Gasteiger partial charge in [-0.3, -0.25) is 29.4 Å². The lowest BCUT2D eigenvalue weighted by atomic mass is 10.0. The minimum absolute atomic E-state index is 0.0839. The molecule has 9 nitrogen and oxygen atoms in total. The number of hydrogen-bond acceptors (Lipinski definition) is 7. The fourth-order valence-corrected chi connectivity index (χ4v) is 3.98. The Kier molecular flexibility index (Phi) is 4.96. The van der Waals surface area contributed by atoms with Crippen molar-refractivity contribution in [1.29, 1.82) is 0 Å². The van der Waals surface area contributed by atoms with Crippen LogP contribution in [0.2, 0.25) is 0 Å². The number of imide groups is 2. The number of amides is 4. The lowest BCUT2D eigenvalue weighted by Crippen LogP contribution is -2.54. The number of nitrogens with zero attached hydrogens (tertiary/aromatic N) is 1. The zero-order chi connectivity index (χ0) is 19.8. The fraction of sp³-hybridized carbons (Fsp3) is 0.474. The topological polar surface area (TPSA) is 117 Å². The van der Waals surface area contributed by atoms with Crippen molar-refractivity contribution in [1.82, 2.24) is 20.9 Å². The summed E-state index contributed by atoms with van der Waals surface area (Å²) in [6, 6.07) is 4.33. The van der Waals surface area contributed by atoms with Crippen LogP contribution >= 0.6 is 0 Å². The van der Waals surface area contributed by atoms with E-state index < -0.39 is 23.8 Å². The molecule has 0 radical (unpaired) electrons. The quantitative estimate of drug-likeness (QED) is 0.565. The number of hydrogen-bond donors (Lipinski definition) is 3. The summed E-state index contributed by atoms with van der Waals surface area (Å²) >= 11 is 0. The second-order valence-electron chi connectivity index (χ2n) is 7.25. The summed E-state index contributed by atoms with van der Waals surface area (Å²) in [6.45, 7) is 2.11. The van der Waals surface area contributed by atoms with Crippen molar-refractivity contribution < 1.29 is 23.9 Å². The Morgan fingerprint density at radius 3 is 2.68 bits per heavy atom. The van der Waals surface area contributed by atoms with Crippen LogP contribution in [0, 0.1) is 0 Å². The summed E-state index contributed by atoms with van der Waals surface area (Å²) < 4.78 is 5.42. The van der Waals surface area contributed by atoms with Gasteiger partial charge in [-0.1, -0.05) is 6.07 Å². The molecule has 4 rings (SSSR count). The van der Waals surface area contributed by atoms with E-state index in [2.05, 4.69) is 16.0 Å². The van der Waals surface area contributed by atoms with E-state index in [0.717, 1.165) is 23.6 Å². The fourth-order valence-electron chi connectivity index (χ4n) is 3.98. The maximum Gasteiger partial charge on any atom is 0.262 e. The molecule has 0 spiro atoms. The van der Waals surface area contributed by atoms with E-state index in [-0.39, 0.29) is 36.5 Å². The number of piperidine rings is 1. The van der Waals surface area contributed by atoms with Crippen LogP contribution < -0.4 is 16.0 Å². The third-order valence-corrected chi connectivity index (χ3v) is 5.53. The summed E-state index contributed by atoms with van der Waals surface area (Å²) in [5.74, 6) is -1.98. The molecule has 1 unspecified atom stereocenters. The Hall–Kier alpha value is -2.62. The van der Waals surface area contributed by atoms with Crippen LogP contribution in [0.5, 0.6) is 0 Å². The van der Waals surface area contributed by atoms with E-state index in [1.807, 2.05) is 0 Å². The number of carbonyl (C=O) groups excluding carboxylic acids is 4. The third-order valence-electron chi connectivity index (χ3n) is 5.53. The molecule has 3 atom stereocenters. The average Bonchev–Trinajstić information content (AvgIpc) is 3.23. The van der Waals surface area contributed by atoms with Gasteiger partial charge < -0.3 is 15.4 Å². The molecule has 148 valence electrons. The number of benzene rings is 1. The molecule has 4 amide bonds. The molecule has 0 aliphatic carbocycles. The zero-order valence-corrected chi connectivity index (χ0v) is 15.5. The van der Waals surface area contributed by atoms with Crippen LogP contribution in [0.3, 0.4) is 0 Å². The van der Waals surface area contributed by atoms with Crippen LogP contribution in [0.4, 0.5) is 0 Å². The summed E-state index contributed by atoms with van der Waals surface area (Å²) in [6.07, 6.45) is 0.341. The molecule has 3 N–H and O–H groups in total. The Balaban J connectivity index is 1.49. The maximum absolute atomic E-state index is 12.8. The molecule has 1 aromatic rings. The second kappa shape index (κ2) is 7.42. The van der Waals surface area contributed by atoms with Crippen molar-refractivity contribution in [2.24, 2.45) is 0 Å². The Bertz CT molecular complexity index is 855. The van der Waals surface area contributed by atoms with Crippen molar-refractivity contribution in [3.8, 4) is 0 Å². The number of ether oxygens (including phenoxy) is 1. The van der Waals surface area contributed by atoms with Gasteiger partial charge in [0.15, 0.2) is 0 Å². The lowest BCUT2D eigenvalue weighted by Gasteiger charge is -2.27. The molecule has 0 saturated carbocycles. The maximum atomic E-state index is 12.8. The SMILES string of the molecule is CO[C@@H]1CNC[C@H]1NCc1ccc2c(c1)C(=O)N(C1CCC(=O)NC1=O)C2=O. The second-order valence-corrected chi connectivity index (χ2v) is 7.25. The first kappa shape index (κ1) is 18.7.